The third-order valence-corrected chi connectivity index (χ3v) is 4.58. The molecule has 3 aromatic rings. The molecule has 2 aromatic carbocycles. The van der Waals surface area contributed by atoms with E-state index in [1.54, 1.807) is 18.2 Å². The van der Waals surface area contributed by atoms with Crippen LogP contribution in [0.15, 0.2) is 68.9 Å². The fraction of sp³-hybridized carbons (Fsp3) is 0.150. The van der Waals surface area contributed by atoms with Crippen LogP contribution in [0.3, 0.4) is 0 Å². The summed E-state index contributed by atoms with van der Waals surface area (Å²) in [5.74, 6) is 0.508. The lowest BCUT2D eigenvalue weighted by molar-refractivity contribution is 0.196. The van der Waals surface area contributed by atoms with Crippen molar-refractivity contribution in [3.63, 3.8) is 0 Å². The van der Waals surface area contributed by atoms with E-state index >= 15 is 0 Å². The van der Waals surface area contributed by atoms with E-state index < -0.39 is 11.7 Å². The molecule has 2 amide bonds. The van der Waals surface area contributed by atoms with E-state index in [1.807, 2.05) is 30.3 Å². The van der Waals surface area contributed by atoms with Crippen LogP contribution in [0.25, 0.3) is 11.0 Å². The SMILES string of the molecule is COc1ccc2ccc(=O)oc2c1C1=NN(C(N)=O)C(c2ccccc2)C1. The number of carbonyl (C=O) groups is 1. The van der Waals surface area contributed by atoms with Crippen LogP contribution in [0.4, 0.5) is 4.79 Å². The van der Waals surface area contributed by atoms with Crippen molar-refractivity contribution in [2.45, 2.75) is 12.5 Å². The van der Waals surface area contributed by atoms with Crippen LogP contribution >= 0.6 is 0 Å². The summed E-state index contributed by atoms with van der Waals surface area (Å²) < 4.78 is 10.9. The number of methoxy groups -OCH3 is 1. The van der Waals surface area contributed by atoms with Gasteiger partial charge in [0, 0.05) is 17.9 Å². The number of hydrogen-bond acceptors (Lipinski definition) is 5. The second kappa shape index (κ2) is 6.60. The predicted molar refractivity (Wildman–Crippen MR) is 101 cm³/mol. The molecule has 0 saturated carbocycles. The number of benzene rings is 2. The largest absolute Gasteiger partial charge is 0.496 e. The Balaban J connectivity index is 1.88. The molecule has 0 spiro atoms. The van der Waals surface area contributed by atoms with Gasteiger partial charge in [-0.3, -0.25) is 0 Å². The molecule has 27 heavy (non-hydrogen) atoms. The van der Waals surface area contributed by atoms with Crippen molar-refractivity contribution in [1.29, 1.82) is 0 Å². The molecule has 2 heterocycles. The standard InChI is InChI=1S/C20H17N3O4/c1-26-16-9-7-13-8-10-17(24)27-19(13)18(16)14-11-15(23(22-14)20(21)25)12-5-3-2-4-6-12/h2-10,15H,11H2,1H3,(H2,21,25). The Morgan fingerprint density at radius 2 is 1.93 bits per heavy atom. The molecule has 4 rings (SSSR count). The first-order valence-electron chi connectivity index (χ1n) is 8.41. The molecule has 1 aliphatic rings. The van der Waals surface area contributed by atoms with Gasteiger partial charge in [-0.25, -0.2) is 14.6 Å². The maximum Gasteiger partial charge on any atom is 0.336 e. The summed E-state index contributed by atoms with van der Waals surface area (Å²) in [7, 11) is 1.53. The Labute approximate surface area is 154 Å². The Kier molecular flexibility index (Phi) is 4.12. The molecular weight excluding hydrogens is 346 g/mol. The van der Waals surface area contributed by atoms with E-state index in [0.717, 1.165) is 10.9 Å². The maximum atomic E-state index is 12.0. The second-order valence-corrected chi connectivity index (χ2v) is 6.18. The Hall–Kier alpha value is -3.61. The molecule has 0 fully saturated rings. The lowest BCUT2D eigenvalue weighted by Gasteiger charge is -2.19. The number of hydrogen-bond donors (Lipinski definition) is 1. The molecule has 2 N–H and O–H groups in total. The summed E-state index contributed by atoms with van der Waals surface area (Å²) in [6.45, 7) is 0. The first-order valence-corrected chi connectivity index (χ1v) is 8.41. The number of primary amides is 1. The summed E-state index contributed by atoms with van der Waals surface area (Å²) in [6, 6.07) is 15.2. The molecule has 7 nitrogen and oxygen atoms in total. The van der Waals surface area contributed by atoms with Crippen molar-refractivity contribution in [3.8, 4) is 5.75 Å². The van der Waals surface area contributed by atoms with E-state index in [0.29, 0.717) is 29.0 Å². The van der Waals surface area contributed by atoms with Crippen molar-refractivity contribution in [2.75, 3.05) is 7.11 Å². The van der Waals surface area contributed by atoms with E-state index in [2.05, 4.69) is 5.10 Å². The number of carbonyl (C=O) groups excluding carboxylic acids is 1. The summed E-state index contributed by atoms with van der Waals surface area (Å²) in [6.07, 6.45) is 0.418. The van der Waals surface area contributed by atoms with Gasteiger partial charge in [-0.1, -0.05) is 30.3 Å². The zero-order valence-electron chi connectivity index (χ0n) is 14.6. The number of ether oxygens (including phenoxy) is 1. The van der Waals surface area contributed by atoms with Crippen LogP contribution < -0.4 is 16.1 Å². The first-order chi connectivity index (χ1) is 13.1. The molecule has 7 heteroatoms. The lowest BCUT2D eigenvalue weighted by atomic mass is 9.97. The summed E-state index contributed by atoms with van der Waals surface area (Å²) >= 11 is 0. The molecule has 0 bridgehead atoms. The van der Waals surface area contributed by atoms with Crippen LogP contribution in [0.2, 0.25) is 0 Å². The van der Waals surface area contributed by atoms with Crippen LogP contribution in [-0.2, 0) is 0 Å². The number of hydrazone groups is 1. The van der Waals surface area contributed by atoms with Crippen molar-refractivity contribution in [1.82, 2.24) is 5.01 Å². The number of nitrogens with two attached hydrogens (primary N) is 1. The minimum atomic E-state index is -0.653. The van der Waals surface area contributed by atoms with Crippen LogP contribution in [0, 0.1) is 0 Å². The third kappa shape index (κ3) is 2.93. The minimum absolute atomic E-state index is 0.339. The molecule has 1 atom stereocenters. The zero-order valence-corrected chi connectivity index (χ0v) is 14.6. The van der Waals surface area contributed by atoms with Gasteiger partial charge in [0.2, 0.25) is 0 Å². The molecule has 0 radical (unpaired) electrons. The molecule has 136 valence electrons. The highest BCUT2D eigenvalue weighted by molar-refractivity contribution is 6.12. The molecule has 0 saturated heterocycles. The second-order valence-electron chi connectivity index (χ2n) is 6.18. The topological polar surface area (TPSA) is 98.1 Å². The third-order valence-electron chi connectivity index (χ3n) is 4.58. The average Bonchev–Trinajstić information content (AvgIpc) is 3.13. The first kappa shape index (κ1) is 16.8. The van der Waals surface area contributed by atoms with Crippen molar-refractivity contribution in [3.05, 3.63) is 76.1 Å². The predicted octanol–water partition coefficient (Wildman–Crippen LogP) is 3.03. The van der Waals surface area contributed by atoms with Gasteiger partial charge in [0.05, 0.1) is 24.4 Å². The maximum absolute atomic E-state index is 12.0. The quantitative estimate of drug-likeness (QED) is 0.723. The highest BCUT2D eigenvalue weighted by atomic mass is 16.5. The summed E-state index contributed by atoms with van der Waals surface area (Å²) in [4.78, 5) is 23.7. The van der Waals surface area contributed by atoms with Gasteiger partial charge in [0.15, 0.2) is 5.58 Å². The molecule has 1 unspecified atom stereocenters. The van der Waals surface area contributed by atoms with Gasteiger partial charge in [0.25, 0.3) is 0 Å². The summed E-state index contributed by atoms with van der Waals surface area (Å²) in [5, 5.41) is 6.43. The highest BCUT2D eigenvalue weighted by Crippen LogP contribution is 2.37. The number of amides is 2. The summed E-state index contributed by atoms with van der Waals surface area (Å²) in [5.41, 5.74) is 7.49. The number of urea groups is 1. The lowest BCUT2D eigenvalue weighted by Crippen LogP contribution is -2.31. The Morgan fingerprint density at radius 1 is 1.19 bits per heavy atom. The van der Waals surface area contributed by atoms with Crippen LogP contribution in [-0.4, -0.2) is 23.9 Å². The number of nitrogens with zero attached hydrogens (tertiary/aromatic N) is 2. The van der Waals surface area contributed by atoms with Gasteiger partial charge in [0.1, 0.15) is 5.75 Å². The fourth-order valence-corrected chi connectivity index (χ4v) is 3.36. The van der Waals surface area contributed by atoms with Gasteiger partial charge >= 0.3 is 11.7 Å². The fourth-order valence-electron chi connectivity index (χ4n) is 3.36. The minimum Gasteiger partial charge on any atom is -0.496 e. The van der Waals surface area contributed by atoms with E-state index in [1.165, 1.54) is 18.2 Å². The van der Waals surface area contributed by atoms with Crippen LogP contribution in [0.5, 0.6) is 5.75 Å². The van der Waals surface area contributed by atoms with Gasteiger partial charge in [-0.2, -0.15) is 5.10 Å². The smallest absolute Gasteiger partial charge is 0.336 e. The van der Waals surface area contributed by atoms with Crippen molar-refractivity contribution < 1.29 is 13.9 Å². The van der Waals surface area contributed by atoms with Gasteiger partial charge in [-0.05, 0) is 23.8 Å². The van der Waals surface area contributed by atoms with Gasteiger partial charge in [-0.15, -0.1) is 0 Å². The van der Waals surface area contributed by atoms with E-state index in [9.17, 15) is 9.59 Å². The molecule has 1 aliphatic heterocycles. The number of rotatable bonds is 3. The van der Waals surface area contributed by atoms with Gasteiger partial charge < -0.3 is 14.9 Å². The monoisotopic (exact) mass is 363 g/mol. The molecule has 1 aromatic heterocycles. The normalized spacial score (nSPS) is 16.4. The van der Waals surface area contributed by atoms with E-state index in [4.69, 9.17) is 14.9 Å². The number of fused-ring (bicyclic) bond motifs is 1. The molecule has 0 aliphatic carbocycles. The average molecular weight is 363 g/mol. The zero-order chi connectivity index (χ0) is 19.0. The van der Waals surface area contributed by atoms with Crippen LogP contribution in [0.1, 0.15) is 23.6 Å². The Morgan fingerprint density at radius 3 is 2.63 bits per heavy atom. The Bertz CT molecular complexity index is 1110. The molecular formula is C20H17N3O4. The van der Waals surface area contributed by atoms with E-state index in [-0.39, 0.29) is 6.04 Å². The van der Waals surface area contributed by atoms with Crippen molar-refractivity contribution in [2.24, 2.45) is 10.8 Å². The van der Waals surface area contributed by atoms with Crippen molar-refractivity contribution >= 4 is 22.7 Å². The highest BCUT2D eigenvalue weighted by Gasteiger charge is 2.34.